The Bertz CT molecular complexity index is 767. The Morgan fingerprint density at radius 3 is 2.55 bits per heavy atom. The van der Waals surface area contributed by atoms with E-state index in [4.69, 9.17) is 4.42 Å². The normalized spacial score (nSPS) is 10.4. The van der Waals surface area contributed by atoms with Crippen LogP contribution in [-0.2, 0) is 6.54 Å². The Morgan fingerprint density at radius 1 is 1.09 bits per heavy atom. The fourth-order valence-corrected chi connectivity index (χ4v) is 1.96. The molecule has 5 heteroatoms. The molecule has 1 aromatic heterocycles. The summed E-state index contributed by atoms with van der Waals surface area (Å²) in [6.07, 6.45) is 1.39. The lowest BCUT2D eigenvalue weighted by Crippen LogP contribution is -2.22. The molecule has 0 saturated carbocycles. The van der Waals surface area contributed by atoms with Crippen molar-refractivity contribution in [2.75, 3.05) is 0 Å². The second-order valence-electron chi connectivity index (χ2n) is 4.70. The van der Waals surface area contributed by atoms with E-state index in [0.717, 1.165) is 11.1 Å². The molecular formula is C17H13FN2O2. The van der Waals surface area contributed by atoms with Gasteiger partial charge in [-0.1, -0.05) is 30.3 Å². The van der Waals surface area contributed by atoms with Crippen LogP contribution in [0.2, 0.25) is 0 Å². The molecule has 3 aromatic rings. The van der Waals surface area contributed by atoms with E-state index in [0.29, 0.717) is 12.4 Å². The van der Waals surface area contributed by atoms with Crippen molar-refractivity contribution < 1.29 is 13.6 Å². The standard InChI is InChI=1S/C17H13FN2O2/c18-14-8-6-12(7-9-14)10-19-16(21)15-11-20-17(22-15)13-4-2-1-3-5-13/h1-9,11H,10H2,(H,19,21). The van der Waals surface area contributed by atoms with Gasteiger partial charge in [0, 0.05) is 12.1 Å². The van der Waals surface area contributed by atoms with Gasteiger partial charge in [-0.3, -0.25) is 4.79 Å². The molecule has 0 fully saturated rings. The van der Waals surface area contributed by atoms with E-state index >= 15 is 0 Å². The molecule has 0 aliphatic carbocycles. The van der Waals surface area contributed by atoms with Crippen LogP contribution in [0.1, 0.15) is 16.1 Å². The molecule has 22 heavy (non-hydrogen) atoms. The molecular weight excluding hydrogens is 283 g/mol. The summed E-state index contributed by atoms with van der Waals surface area (Å²) < 4.78 is 18.3. The smallest absolute Gasteiger partial charge is 0.288 e. The predicted molar refractivity (Wildman–Crippen MR) is 79.5 cm³/mol. The van der Waals surface area contributed by atoms with Crippen molar-refractivity contribution in [1.82, 2.24) is 10.3 Å². The summed E-state index contributed by atoms with van der Waals surface area (Å²) in [4.78, 5) is 16.1. The van der Waals surface area contributed by atoms with E-state index in [9.17, 15) is 9.18 Å². The molecule has 0 aliphatic rings. The molecule has 4 nitrogen and oxygen atoms in total. The zero-order chi connectivity index (χ0) is 15.4. The van der Waals surface area contributed by atoms with Gasteiger partial charge < -0.3 is 9.73 Å². The Kier molecular flexibility index (Phi) is 3.96. The molecule has 0 aliphatic heterocycles. The van der Waals surface area contributed by atoms with Crippen molar-refractivity contribution in [3.05, 3.63) is 77.9 Å². The predicted octanol–water partition coefficient (Wildman–Crippen LogP) is 3.41. The minimum atomic E-state index is -0.362. The molecule has 1 heterocycles. The molecule has 1 amide bonds. The molecule has 3 rings (SSSR count). The number of amides is 1. The highest BCUT2D eigenvalue weighted by Gasteiger charge is 2.13. The zero-order valence-electron chi connectivity index (χ0n) is 11.6. The van der Waals surface area contributed by atoms with Crippen molar-refractivity contribution in [2.24, 2.45) is 0 Å². The van der Waals surface area contributed by atoms with Gasteiger partial charge in [0.1, 0.15) is 5.82 Å². The number of carbonyl (C=O) groups excluding carboxylic acids is 1. The van der Waals surface area contributed by atoms with Crippen LogP contribution >= 0.6 is 0 Å². The van der Waals surface area contributed by atoms with Gasteiger partial charge in [0.05, 0.1) is 6.20 Å². The van der Waals surface area contributed by atoms with Crippen LogP contribution in [0.25, 0.3) is 11.5 Å². The molecule has 0 saturated heterocycles. The summed E-state index contributed by atoms with van der Waals surface area (Å²) >= 11 is 0. The highest BCUT2D eigenvalue weighted by molar-refractivity contribution is 5.91. The molecule has 2 aromatic carbocycles. The van der Waals surface area contributed by atoms with Crippen LogP contribution < -0.4 is 5.32 Å². The first-order valence-corrected chi connectivity index (χ1v) is 6.76. The van der Waals surface area contributed by atoms with Gasteiger partial charge in [-0.15, -0.1) is 0 Å². The van der Waals surface area contributed by atoms with Crippen molar-refractivity contribution in [1.29, 1.82) is 0 Å². The van der Waals surface area contributed by atoms with Crippen molar-refractivity contribution in [3.63, 3.8) is 0 Å². The number of hydrogen-bond donors (Lipinski definition) is 1. The molecule has 0 bridgehead atoms. The molecule has 0 spiro atoms. The van der Waals surface area contributed by atoms with Gasteiger partial charge in [0.2, 0.25) is 11.7 Å². The van der Waals surface area contributed by atoms with Crippen LogP contribution in [0.15, 0.2) is 65.2 Å². The third-order valence-corrected chi connectivity index (χ3v) is 3.12. The summed E-state index contributed by atoms with van der Waals surface area (Å²) in [6.45, 7) is 0.292. The molecule has 0 atom stereocenters. The van der Waals surface area contributed by atoms with E-state index in [2.05, 4.69) is 10.3 Å². The van der Waals surface area contributed by atoms with Crippen LogP contribution in [0, 0.1) is 5.82 Å². The third-order valence-electron chi connectivity index (χ3n) is 3.12. The van der Waals surface area contributed by atoms with Crippen molar-refractivity contribution in [3.8, 4) is 11.5 Å². The first kappa shape index (κ1) is 14.0. The summed E-state index contributed by atoms with van der Waals surface area (Å²) in [6, 6.07) is 15.3. The number of halogens is 1. The Hall–Kier alpha value is -2.95. The Morgan fingerprint density at radius 2 is 1.82 bits per heavy atom. The van der Waals surface area contributed by atoms with Crippen molar-refractivity contribution in [2.45, 2.75) is 6.54 Å². The van der Waals surface area contributed by atoms with Crippen LogP contribution in [0.5, 0.6) is 0 Å². The van der Waals surface area contributed by atoms with Gasteiger partial charge in [0.25, 0.3) is 5.91 Å². The largest absolute Gasteiger partial charge is 0.431 e. The number of nitrogens with one attached hydrogen (secondary N) is 1. The van der Waals surface area contributed by atoms with Gasteiger partial charge in [-0.25, -0.2) is 9.37 Å². The maximum Gasteiger partial charge on any atom is 0.288 e. The molecule has 1 N–H and O–H groups in total. The number of hydrogen-bond acceptors (Lipinski definition) is 3. The summed E-state index contributed by atoms with van der Waals surface area (Å²) in [5, 5.41) is 2.70. The lowest BCUT2D eigenvalue weighted by molar-refractivity contribution is 0.0924. The van der Waals surface area contributed by atoms with Gasteiger partial charge in [-0.2, -0.15) is 0 Å². The van der Waals surface area contributed by atoms with Crippen LogP contribution in [0.3, 0.4) is 0 Å². The number of rotatable bonds is 4. The first-order chi connectivity index (χ1) is 10.7. The Labute approximate surface area is 126 Å². The molecule has 0 unspecified atom stereocenters. The fraction of sp³-hybridized carbons (Fsp3) is 0.0588. The van der Waals surface area contributed by atoms with E-state index in [1.54, 1.807) is 12.1 Å². The average Bonchev–Trinajstić information content (AvgIpc) is 3.05. The SMILES string of the molecule is O=C(NCc1ccc(F)cc1)c1cnc(-c2ccccc2)o1. The quantitative estimate of drug-likeness (QED) is 0.802. The van der Waals surface area contributed by atoms with E-state index in [-0.39, 0.29) is 17.5 Å². The van der Waals surface area contributed by atoms with E-state index < -0.39 is 0 Å². The number of carbonyl (C=O) groups is 1. The second kappa shape index (κ2) is 6.22. The monoisotopic (exact) mass is 296 g/mol. The van der Waals surface area contributed by atoms with Gasteiger partial charge >= 0.3 is 0 Å². The topological polar surface area (TPSA) is 55.1 Å². The zero-order valence-corrected chi connectivity index (χ0v) is 11.6. The first-order valence-electron chi connectivity index (χ1n) is 6.76. The van der Waals surface area contributed by atoms with Crippen molar-refractivity contribution >= 4 is 5.91 Å². The van der Waals surface area contributed by atoms with E-state index in [1.807, 2.05) is 30.3 Å². The second-order valence-corrected chi connectivity index (χ2v) is 4.70. The highest BCUT2D eigenvalue weighted by atomic mass is 19.1. The number of oxazole rings is 1. The minimum absolute atomic E-state index is 0.140. The summed E-state index contributed by atoms with van der Waals surface area (Å²) in [5.74, 6) is -0.134. The van der Waals surface area contributed by atoms with Crippen LogP contribution in [0.4, 0.5) is 4.39 Å². The number of aromatic nitrogens is 1. The van der Waals surface area contributed by atoms with Gasteiger partial charge in [0.15, 0.2) is 0 Å². The summed E-state index contributed by atoms with van der Waals surface area (Å²) in [5.41, 5.74) is 1.61. The molecule has 0 radical (unpaired) electrons. The maximum absolute atomic E-state index is 12.8. The van der Waals surface area contributed by atoms with Crippen LogP contribution in [-0.4, -0.2) is 10.9 Å². The molecule has 110 valence electrons. The highest BCUT2D eigenvalue weighted by Crippen LogP contribution is 2.18. The number of benzene rings is 2. The summed E-state index contributed by atoms with van der Waals surface area (Å²) in [7, 11) is 0. The lowest BCUT2D eigenvalue weighted by Gasteiger charge is -2.03. The number of nitrogens with zero attached hydrogens (tertiary/aromatic N) is 1. The maximum atomic E-state index is 12.8. The van der Waals surface area contributed by atoms with E-state index in [1.165, 1.54) is 18.3 Å². The average molecular weight is 296 g/mol. The minimum Gasteiger partial charge on any atom is -0.431 e. The van der Waals surface area contributed by atoms with Gasteiger partial charge in [-0.05, 0) is 29.8 Å². The lowest BCUT2D eigenvalue weighted by atomic mass is 10.2. The Balaban J connectivity index is 1.66. The third kappa shape index (κ3) is 3.20. The fourth-order valence-electron chi connectivity index (χ4n) is 1.96.